The quantitative estimate of drug-likeness (QED) is 0.380. The Kier molecular flexibility index (Phi) is 6.51. The maximum absolute atomic E-state index is 13.0. The van der Waals surface area contributed by atoms with E-state index in [0.29, 0.717) is 49.4 Å². The molecule has 1 saturated heterocycles. The van der Waals surface area contributed by atoms with Crippen molar-refractivity contribution in [2.24, 2.45) is 0 Å². The van der Waals surface area contributed by atoms with E-state index in [1.807, 2.05) is 64.4 Å². The first-order valence-electron chi connectivity index (χ1n) is 11.5. The van der Waals surface area contributed by atoms with Gasteiger partial charge in [-0.25, -0.2) is 0 Å². The molecular formula is C28H23ClN4O2. The van der Waals surface area contributed by atoms with Gasteiger partial charge in [-0.3, -0.25) is 4.79 Å². The van der Waals surface area contributed by atoms with Gasteiger partial charge in [0.05, 0.1) is 6.42 Å². The van der Waals surface area contributed by atoms with E-state index in [-0.39, 0.29) is 11.6 Å². The number of hydrogen-bond donors (Lipinski definition) is 0. The molecule has 0 saturated carbocycles. The molecule has 1 fully saturated rings. The number of carbonyl (C=O) groups is 1. The fourth-order valence-electron chi connectivity index (χ4n) is 4.34. The highest BCUT2D eigenvalue weighted by Crippen LogP contribution is 2.26. The average Bonchev–Trinajstić information content (AvgIpc) is 3.32. The number of anilines is 1. The third-order valence-electron chi connectivity index (χ3n) is 6.18. The molecule has 6 nitrogen and oxygen atoms in total. The minimum Gasteiger partial charge on any atom is -0.420 e. The summed E-state index contributed by atoms with van der Waals surface area (Å²) in [7, 11) is 0. The maximum Gasteiger partial charge on any atom is 0.235 e. The minimum absolute atomic E-state index is 0.0995. The SMILES string of the molecule is N#Cc1nc(/C=C/c2ccccc2Cl)oc1N1CCN(C(=O)Cc2cccc3ccccc23)CC1. The van der Waals surface area contributed by atoms with Crippen molar-refractivity contribution in [3.8, 4) is 6.07 Å². The zero-order chi connectivity index (χ0) is 24.2. The van der Waals surface area contributed by atoms with Gasteiger partial charge < -0.3 is 14.2 Å². The summed E-state index contributed by atoms with van der Waals surface area (Å²) in [6, 6.07) is 23.8. The van der Waals surface area contributed by atoms with Gasteiger partial charge in [-0.1, -0.05) is 72.3 Å². The Morgan fingerprint density at radius 3 is 2.54 bits per heavy atom. The molecule has 0 atom stereocenters. The summed E-state index contributed by atoms with van der Waals surface area (Å²) < 4.78 is 5.91. The van der Waals surface area contributed by atoms with Crippen LogP contribution in [0, 0.1) is 11.3 Å². The number of hydrogen-bond acceptors (Lipinski definition) is 5. The fourth-order valence-corrected chi connectivity index (χ4v) is 4.54. The van der Waals surface area contributed by atoms with Gasteiger partial charge >= 0.3 is 0 Å². The van der Waals surface area contributed by atoms with Crippen LogP contribution in [-0.4, -0.2) is 42.0 Å². The number of oxazole rings is 1. The van der Waals surface area contributed by atoms with E-state index in [9.17, 15) is 10.1 Å². The fraction of sp³-hybridized carbons (Fsp3) is 0.179. The Balaban J connectivity index is 1.25. The predicted octanol–water partition coefficient (Wildman–Crippen LogP) is 5.41. The van der Waals surface area contributed by atoms with Gasteiger partial charge in [0.1, 0.15) is 6.07 Å². The van der Waals surface area contributed by atoms with Crippen LogP contribution >= 0.6 is 11.6 Å². The molecule has 1 aliphatic rings. The minimum atomic E-state index is 0.0995. The van der Waals surface area contributed by atoms with E-state index < -0.39 is 0 Å². The van der Waals surface area contributed by atoms with Crippen molar-refractivity contribution in [1.29, 1.82) is 5.26 Å². The zero-order valence-corrected chi connectivity index (χ0v) is 19.8. The number of halogens is 1. The van der Waals surface area contributed by atoms with Gasteiger partial charge in [0, 0.05) is 37.3 Å². The molecule has 4 aromatic rings. The molecule has 2 heterocycles. The average molecular weight is 483 g/mol. The standard InChI is InChI=1S/C28H23ClN4O2/c29-24-11-4-2-7-21(24)12-13-26-31-25(19-30)28(35-26)33-16-14-32(15-17-33)27(34)18-22-9-5-8-20-6-1-3-10-23(20)22/h1-13H,14-18H2/b13-12+. The van der Waals surface area contributed by atoms with Gasteiger partial charge in [-0.05, 0) is 34.0 Å². The number of nitrogens with zero attached hydrogens (tertiary/aromatic N) is 4. The first-order valence-corrected chi connectivity index (χ1v) is 11.8. The highest BCUT2D eigenvalue weighted by Gasteiger charge is 2.26. The summed E-state index contributed by atoms with van der Waals surface area (Å²) in [6.07, 6.45) is 3.88. The largest absolute Gasteiger partial charge is 0.420 e. The molecule has 1 aliphatic heterocycles. The Morgan fingerprint density at radius 1 is 1.00 bits per heavy atom. The molecule has 5 rings (SSSR count). The van der Waals surface area contributed by atoms with E-state index in [0.717, 1.165) is 21.9 Å². The van der Waals surface area contributed by atoms with Crippen LogP contribution in [0.25, 0.3) is 22.9 Å². The van der Waals surface area contributed by atoms with Crippen molar-refractivity contribution in [1.82, 2.24) is 9.88 Å². The van der Waals surface area contributed by atoms with Crippen LogP contribution in [0.5, 0.6) is 0 Å². The summed E-state index contributed by atoms with van der Waals surface area (Å²) in [4.78, 5) is 21.2. The lowest BCUT2D eigenvalue weighted by Crippen LogP contribution is -2.49. The van der Waals surface area contributed by atoms with Gasteiger partial charge in [0.15, 0.2) is 0 Å². The Bertz CT molecular complexity index is 1440. The van der Waals surface area contributed by atoms with Crippen molar-refractivity contribution >= 4 is 46.3 Å². The van der Waals surface area contributed by atoms with Crippen LogP contribution in [0.4, 0.5) is 5.88 Å². The normalized spacial score (nSPS) is 13.9. The molecule has 0 N–H and O–H groups in total. The molecule has 1 amide bonds. The Morgan fingerprint density at radius 2 is 1.74 bits per heavy atom. The number of amides is 1. The molecule has 35 heavy (non-hydrogen) atoms. The lowest BCUT2D eigenvalue weighted by atomic mass is 10.0. The molecular weight excluding hydrogens is 460 g/mol. The molecule has 0 spiro atoms. The summed E-state index contributed by atoms with van der Waals surface area (Å²) in [5.41, 5.74) is 2.11. The number of fused-ring (bicyclic) bond motifs is 1. The van der Waals surface area contributed by atoms with Crippen molar-refractivity contribution < 1.29 is 9.21 Å². The number of rotatable bonds is 5. The summed E-state index contributed by atoms with van der Waals surface area (Å²) in [5.74, 6) is 0.876. The molecule has 0 bridgehead atoms. The van der Waals surface area contributed by atoms with Crippen molar-refractivity contribution in [2.75, 3.05) is 31.1 Å². The predicted molar refractivity (Wildman–Crippen MR) is 138 cm³/mol. The first kappa shape index (κ1) is 22.7. The molecule has 3 aromatic carbocycles. The van der Waals surface area contributed by atoms with Crippen molar-refractivity contribution in [3.05, 3.63) is 94.5 Å². The third-order valence-corrected chi connectivity index (χ3v) is 6.53. The van der Waals surface area contributed by atoms with Crippen LogP contribution in [0.3, 0.4) is 0 Å². The number of aromatic nitrogens is 1. The molecule has 0 aliphatic carbocycles. The highest BCUT2D eigenvalue weighted by molar-refractivity contribution is 6.32. The lowest BCUT2D eigenvalue weighted by molar-refractivity contribution is -0.130. The van der Waals surface area contributed by atoms with E-state index in [1.165, 1.54) is 0 Å². The van der Waals surface area contributed by atoms with E-state index in [4.69, 9.17) is 16.0 Å². The summed E-state index contributed by atoms with van der Waals surface area (Å²) in [6.45, 7) is 2.25. The van der Waals surface area contributed by atoms with Gasteiger partial charge in [0.25, 0.3) is 0 Å². The maximum atomic E-state index is 13.0. The lowest BCUT2D eigenvalue weighted by Gasteiger charge is -2.34. The van der Waals surface area contributed by atoms with Crippen molar-refractivity contribution in [3.63, 3.8) is 0 Å². The van der Waals surface area contributed by atoms with E-state index in [1.54, 1.807) is 6.08 Å². The molecule has 0 unspecified atom stereocenters. The topological polar surface area (TPSA) is 73.4 Å². The number of benzene rings is 3. The van der Waals surface area contributed by atoms with Gasteiger partial charge in [0.2, 0.25) is 23.4 Å². The van der Waals surface area contributed by atoms with Crippen LogP contribution in [0.2, 0.25) is 5.02 Å². The Hall–Kier alpha value is -4.08. The second-order valence-electron chi connectivity index (χ2n) is 8.36. The van der Waals surface area contributed by atoms with Gasteiger partial charge in [-0.2, -0.15) is 10.2 Å². The molecule has 1 aromatic heterocycles. The summed E-state index contributed by atoms with van der Waals surface area (Å²) >= 11 is 6.20. The number of piperazine rings is 1. The third kappa shape index (κ3) is 4.91. The monoisotopic (exact) mass is 482 g/mol. The van der Waals surface area contributed by atoms with Crippen LogP contribution < -0.4 is 4.90 Å². The first-order chi connectivity index (χ1) is 17.1. The molecule has 0 radical (unpaired) electrons. The Labute approximate surface area is 208 Å². The van der Waals surface area contributed by atoms with Crippen LogP contribution in [0.15, 0.2) is 71.1 Å². The highest BCUT2D eigenvalue weighted by atomic mass is 35.5. The van der Waals surface area contributed by atoms with Crippen LogP contribution in [-0.2, 0) is 11.2 Å². The number of nitriles is 1. The van der Waals surface area contributed by atoms with Gasteiger partial charge in [-0.15, -0.1) is 0 Å². The summed E-state index contributed by atoms with van der Waals surface area (Å²) in [5, 5.41) is 12.4. The zero-order valence-electron chi connectivity index (χ0n) is 19.0. The number of carbonyl (C=O) groups excluding carboxylic acids is 1. The molecule has 7 heteroatoms. The van der Waals surface area contributed by atoms with Crippen molar-refractivity contribution in [2.45, 2.75) is 6.42 Å². The van der Waals surface area contributed by atoms with E-state index in [2.05, 4.69) is 29.3 Å². The second-order valence-corrected chi connectivity index (χ2v) is 8.76. The smallest absolute Gasteiger partial charge is 0.235 e. The second kappa shape index (κ2) is 10.0. The van der Waals surface area contributed by atoms with E-state index >= 15 is 0 Å². The molecule has 174 valence electrons. The van der Waals surface area contributed by atoms with Crippen LogP contribution in [0.1, 0.15) is 22.7 Å².